The van der Waals surface area contributed by atoms with E-state index in [0.717, 1.165) is 16.5 Å². The Morgan fingerprint density at radius 2 is 1.80 bits per heavy atom. The highest BCUT2D eigenvalue weighted by Gasteiger charge is 2.58. The van der Waals surface area contributed by atoms with Crippen molar-refractivity contribution in [2.75, 3.05) is 38.3 Å². The van der Waals surface area contributed by atoms with E-state index in [0.29, 0.717) is 53.8 Å². The number of imide groups is 1. The van der Waals surface area contributed by atoms with E-state index in [1.54, 1.807) is 38.5 Å². The van der Waals surface area contributed by atoms with E-state index >= 15 is 0 Å². The molecule has 0 aliphatic carbocycles. The van der Waals surface area contributed by atoms with Crippen LogP contribution in [0.4, 0.5) is 10.7 Å². The van der Waals surface area contributed by atoms with Gasteiger partial charge in [0.25, 0.3) is 11.8 Å². The van der Waals surface area contributed by atoms with E-state index in [4.69, 9.17) is 9.97 Å². The summed E-state index contributed by atoms with van der Waals surface area (Å²) >= 11 is 0. The fourth-order valence-corrected chi connectivity index (χ4v) is 6.52. The molecular formula is C29H29N9O5S. The van der Waals surface area contributed by atoms with Crippen LogP contribution in [0.5, 0.6) is 0 Å². The van der Waals surface area contributed by atoms with Crippen molar-refractivity contribution in [3.63, 3.8) is 0 Å². The highest BCUT2D eigenvalue weighted by atomic mass is 32.2. The Morgan fingerprint density at radius 1 is 1.02 bits per heavy atom. The van der Waals surface area contributed by atoms with Crippen LogP contribution in [-0.4, -0.2) is 100.0 Å². The maximum absolute atomic E-state index is 12.9. The van der Waals surface area contributed by atoms with Crippen LogP contribution in [0.1, 0.15) is 28.2 Å². The highest BCUT2D eigenvalue weighted by molar-refractivity contribution is 7.90. The molecule has 1 atom stereocenters. The van der Waals surface area contributed by atoms with Gasteiger partial charge in [-0.2, -0.15) is 0 Å². The number of hydrogen-bond acceptors (Lipinski definition) is 11. The molecule has 6 rings (SSSR count). The number of pyridine rings is 3. The number of amides is 4. The minimum atomic E-state index is -3.53. The van der Waals surface area contributed by atoms with Crippen molar-refractivity contribution in [2.24, 2.45) is 0 Å². The van der Waals surface area contributed by atoms with Gasteiger partial charge in [0.05, 0.1) is 51.8 Å². The fourth-order valence-electron chi connectivity index (χ4n) is 5.59. The number of urea groups is 1. The summed E-state index contributed by atoms with van der Waals surface area (Å²) in [4.78, 5) is 65.0. The average Bonchev–Trinajstić information content (AvgIpc) is 3.53. The Balaban J connectivity index is 1.20. The van der Waals surface area contributed by atoms with Crippen molar-refractivity contribution < 1.29 is 22.8 Å². The van der Waals surface area contributed by atoms with Crippen LogP contribution in [0.25, 0.3) is 22.3 Å². The summed E-state index contributed by atoms with van der Waals surface area (Å²) in [5.41, 5.74) is 1.88. The second-order valence-corrected chi connectivity index (χ2v) is 13.0. The molecule has 2 aliphatic heterocycles. The summed E-state index contributed by atoms with van der Waals surface area (Å²) in [5.74, 6) is -0.272. The van der Waals surface area contributed by atoms with E-state index in [1.165, 1.54) is 24.2 Å². The predicted octanol–water partition coefficient (Wildman–Crippen LogP) is 1.60. The average molecular weight is 616 g/mol. The van der Waals surface area contributed by atoms with Gasteiger partial charge in [0.2, 0.25) is 5.95 Å². The van der Waals surface area contributed by atoms with Gasteiger partial charge >= 0.3 is 6.03 Å². The Bertz CT molecular complexity index is 1970. The van der Waals surface area contributed by atoms with Gasteiger partial charge in [0, 0.05) is 50.9 Å². The molecule has 226 valence electrons. The zero-order valence-electron chi connectivity index (χ0n) is 24.5. The number of carbonyl (C=O) groups is 3. The number of sulfone groups is 1. The first-order valence-electron chi connectivity index (χ1n) is 13.7. The monoisotopic (exact) mass is 615 g/mol. The second-order valence-electron chi connectivity index (χ2n) is 11.0. The summed E-state index contributed by atoms with van der Waals surface area (Å²) in [6.45, 7) is 2.46. The first-order valence-corrected chi connectivity index (χ1v) is 15.6. The number of anilines is 1. The number of fused-ring (bicyclic) bond motifs is 1. The summed E-state index contributed by atoms with van der Waals surface area (Å²) in [6, 6.07) is 8.20. The third-order valence-corrected chi connectivity index (χ3v) is 9.33. The molecule has 0 saturated carbocycles. The Morgan fingerprint density at radius 3 is 2.52 bits per heavy atom. The van der Waals surface area contributed by atoms with E-state index in [9.17, 15) is 22.8 Å². The Labute approximate surface area is 253 Å². The molecule has 44 heavy (non-hydrogen) atoms. The van der Waals surface area contributed by atoms with Crippen LogP contribution in [-0.2, 0) is 21.2 Å². The van der Waals surface area contributed by atoms with Crippen LogP contribution in [0.3, 0.4) is 0 Å². The quantitative estimate of drug-likeness (QED) is 0.312. The molecular weight excluding hydrogens is 586 g/mol. The van der Waals surface area contributed by atoms with Gasteiger partial charge < -0.3 is 15.1 Å². The van der Waals surface area contributed by atoms with Crippen LogP contribution in [0, 0.1) is 6.92 Å². The largest absolute Gasteiger partial charge is 0.346 e. The Kier molecular flexibility index (Phi) is 6.99. The molecule has 2 saturated heterocycles. The van der Waals surface area contributed by atoms with Gasteiger partial charge in [-0.15, -0.1) is 0 Å². The van der Waals surface area contributed by atoms with Crippen LogP contribution in [0.2, 0.25) is 0 Å². The molecule has 1 unspecified atom stereocenters. The first kappa shape index (κ1) is 29.0. The summed E-state index contributed by atoms with van der Waals surface area (Å²) in [7, 11) is -0.394. The van der Waals surface area contributed by atoms with Gasteiger partial charge in [-0.25, -0.2) is 28.2 Å². The van der Waals surface area contributed by atoms with Crippen molar-refractivity contribution in [1.82, 2.24) is 40.0 Å². The number of rotatable bonds is 6. The molecule has 1 spiro atoms. The standard InChI is InChI=1S/C29H29N9O5S/c1-17-24(44(4,42)43)11-19(14-31-17)25(39)33-15-20-12-23-18(13-32-20)5-6-21(34-23)22-7-9-30-27(35-22)38-10-8-29(16-38)26(40)36(2)28(41)37(29)3/h5-7,9,11-14H,8,10,15-16H2,1-4H3,(H,33,39). The normalized spacial score (nSPS) is 18.6. The number of nitrogens with one attached hydrogen (secondary N) is 1. The van der Waals surface area contributed by atoms with Gasteiger partial charge in [0.15, 0.2) is 9.84 Å². The lowest BCUT2D eigenvalue weighted by atomic mass is 9.97. The zero-order chi connectivity index (χ0) is 31.4. The first-order chi connectivity index (χ1) is 20.9. The van der Waals surface area contributed by atoms with E-state index in [2.05, 4.69) is 20.3 Å². The summed E-state index contributed by atoms with van der Waals surface area (Å²) < 4.78 is 24.0. The van der Waals surface area contributed by atoms with E-state index in [1.807, 2.05) is 17.0 Å². The maximum atomic E-state index is 12.9. The molecule has 15 heteroatoms. The summed E-state index contributed by atoms with van der Waals surface area (Å²) in [6.07, 6.45) is 6.18. The number of likely N-dealkylation sites (N-methyl/N-ethyl adjacent to an activating group) is 2. The third kappa shape index (κ3) is 4.98. The van der Waals surface area contributed by atoms with Gasteiger partial charge in [-0.05, 0) is 43.7 Å². The predicted molar refractivity (Wildman–Crippen MR) is 159 cm³/mol. The molecule has 6 heterocycles. The molecule has 2 fully saturated rings. The van der Waals surface area contributed by atoms with Gasteiger partial charge in [-0.3, -0.25) is 24.5 Å². The minimum Gasteiger partial charge on any atom is -0.346 e. The minimum absolute atomic E-state index is 0.00453. The number of carbonyl (C=O) groups excluding carboxylic acids is 3. The van der Waals surface area contributed by atoms with Gasteiger partial charge in [0.1, 0.15) is 5.54 Å². The molecule has 0 bridgehead atoms. The third-order valence-electron chi connectivity index (χ3n) is 8.12. The lowest BCUT2D eigenvalue weighted by molar-refractivity contribution is -0.131. The zero-order valence-corrected chi connectivity index (χ0v) is 25.3. The number of aryl methyl sites for hydroxylation is 1. The molecule has 0 radical (unpaired) electrons. The molecule has 4 amide bonds. The van der Waals surface area contributed by atoms with Crippen molar-refractivity contribution >= 4 is 44.5 Å². The highest BCUT2D eigenvalue weighted by Crippen LogP contribution is 2.36. The number of aromatic nitrogens is 5. The van der Waals surface area contributed by atoms with Gasteiger partial charge in [-0.1, -0.05) is 0 Å². The molecule has 14 nitrogen and oxygen atoms in total. The molecule has 4 aromatic rings. The molecule has 0 aromatic carbocycles. The molecule has 1 N–H and O–H groups in total. The fraction of sp³-hybridized carbons (Fsp3) is 0.310. The van der Waals surface area contributed by atoms with Crippen molar-refractivity contribution in [3.05, 3.63) is 65.9 Å². The van der Waals surface area contributed by atoms with Crippen LogP contribution >= 0.6 is 0 Å². The number of nitrogens with zero attached hydrogens (tertiary/aromatic N) is 8. The Hall–Kier alpha value is -5.05. The van der Waals surface area contributed by atoms with Crippen LogP contribution in [0.15, 0.2) is 53.8 Å². The summed E-state index contributed by atoms with van der Waals surface area (Å²) in [5, 5.41) is 3.54. The van der Waals surface area contributed by atoms with Crippen LogP contribution < -0.4 is 10.2 Å². The smallest absolute Gasteiger partial charge is 0.327 e. The SMILES string of the molecule is Cc1ncc(C(=O)NCc2cc3nc(-c4ccnc(N5CCC6(C5)C(=O)N(C)C(=O)N6C)n4)ccc3cn2)cc1S(C)(=O)=O. The van der Waals surface area contributed by atoms with Crippen molar-refractivity contribution in [3.8, 4) is 11.4 Å². The lowest BCUT2D eigenvalue weighted by Gasteiger charge is -2.28. The van der Waals surface area contributed by atoms with Crippen molar-refractivity contribution in [1.29, 1.82) is 0 Å². The van der Waals surface area contributed by atoms with Crippen molar-refractivity contribution in [2.45, 2.75) is 30.3 Å². The maximum Gasteiger partial charge on any atom is 0.327 e. The molecule has 2 aliphatic rings. The topological polar surface area (TPSA) is 172 Å². The molecule has 4 aromatic heterocycles. The lowest BCUT2D eigenvalue weighted by Crippen LogP contribution is -2.50. The van der Waals surface area contributed by atoms with E-state index in [-0.39, 0.29) is 28.9 Å². The number of hydrogen-bond donors (Lipinski definition) is 1. The second kappa shape index (κ2) is 10.6. The van der Waals surface area contributed by atoms with E-state index < -0.39 is 21.3 Å².